The Morgan fingerprint density at radius 3 is 2.93 bits per heavy atom. The van der Waals surface area contributed by atoms with Crippen molar-refractivity contribution >= 4 is 10.8 Å². The molecule has 86 valence electrons. The van der Waals surface area contributed by atoms with Gasteiger partial charge in [0.2, 0.25) is 0 Å². The molecule has 15 heavy (non-hydrogen) atoms. The molecule has 0 bridgehead atoms. The van der Waals surface area contributed by atoms with Crippen LogP contribution < -0.4 is 5.32 Å². The fraction of sp³-hybridized carbons (Fsp3) is 0.700. The van der Waals surface area contributed by atoms with Crippen molar-refractivity contribution in [2.45, 2.75) is 26.4 Å². The van der Waals surface area contributed by atoms with Gasteiger partial charge < -0.3 is 9.88 Å². The Morgan fingerprint density at radius 2 is 2.40 bits per heavy atom. The van der Waals surface area contributed by atoms with Gasteiger partial charge in [0.25, 0.3) is 0 Å². The van der Waals surface area contributed by atoms with Gasteiger partial charge in [-0.05, 0) is 13.8 Å². The zero-order valence-electron chi connectivity index (χ0n) is 9.56. The van der Waals surface area contributed by atoms with Gasteiger partial charge in [0.1, 0.15) is 5.82 Å². The number of hydrogen-bond acceptors (Lipinski definition) is 3. The fourth-order valence-corrected chi connectivity index (χ4v) is 2.30. The first-order valence-electron chi connectivity index (χ1n) is 5.10. The van der Waals surface area contributed by atoms with Crippen LogP contribution >= 0.6 is 0 Å². The molecule has 1 heterocycles. The molecule has 0 aliphatic heterocycles. The third-order valence-corrected chi connectivity index (χ3v) is 3.22. The first kappa shape index (κ1) is 12.4. The molecular weight excluding hydrogens is 210 g/mol. The Kier molecular flexibility index (Phi) is 4.98. The molecule has 4 nitrogen and oxygen atoms in total. The molecule has 0 spiro atoms. The second-order valence-corrected chi connectivity index (χ2v) is 5.24. The average molecular weight is 229 g/mol. The average Bonchev–Trinajstić information content (AvgIpc) is 2.50. The van der Waals surface area contributed by atoms with Crippen molar-refractivity contribution in [1.29, 1.82) is 0 Å². The minimum absolute atomic E-state index is 0.305. The van der Waals surface area contributed by atoms with Gasteiger partial charge in [-0.1, -0.05) is 0 Å². The highest BCUT2D eigenvalue weighted by Gasteiger charge is 2.03. The van der Waals surface area contributed by atoms with Crippen LogP contribution in [0.25, 0.3) is 0 Å². The molecule has 0 amide bonds. The maximum atomic E-state index is 11.0. The monoisotopic (exact) mass is 229 g/mol. The molecule has 1 rings (SSSR count). The largest absolute Gasteiger partial charge is 0.334 e. The van der Waals surface area contributed by atoms with Crippen LogP contribution in [0, 0.1) is 6.92 Å². The molecular formula is C10H19N3OS. The summed E-state index contributed by atoms with van der Waals surface area (Å²) >= 11 is 0. The molecule has 0 saturated heterocycles. The third-order valence-electron chi connectivity index (χ3n) is 2.25. The molecule has 0 fully saturated rings. The van der Waals surface area contributed by atoms with Crippen molar-refractivity contribution in [2.75, 3.05) is 18.6 Å². The first-order chi connectivity index (χ1) is 7.09. The van der Waals surface area contributed by atoms with Gasteiger partial charge in [-0.25, -0.2) is 4.98 Å². The SMILES string of the molecule is Cc1nccn1CCNC(C)CS(C)=O. The van der Waals surface area contributed by atoms with Crippen LogP contribution in [0.5, 0.6) is 0 Å². The molecule has 2 atom stereocenters. The number of imidazole rings is 1. The second kappa shape index (κ2) is 6.02. The minimum atomic E-state index is -0.722. The summed E-state index contributed by atoms with van der Waals surface area (Å²) in [4.78, 5) is 4.15. The summed E-state index contributed by atoms with van der Waals surface area (Å²) in [5.41, 5.74) is 0. The van der Waals surface area contributed by atoms with Gasteiger partial charge in [-0.2, -0.15) is 0 Å². The van der Waals surface area contributed by atoms with E-state index in [0.29, 0.717) is 11.8 Å². The topological polar surface area (TPSA) is 46.9 Å². The van der Waals surface area contributed by atoms with Crippen molar-refractivity contribution in [2.24, 2.45) is 0 Å². The molecule has 1 aromatic heterocycles. The minimum Gasteiger partial charge on any atom is -0.334 e. The number of nitrogens with zero attached hydrogens (tertiary/aromatic N) is 2. The van der Waals surface area contributed by atoms with Crippen LogP contribution in [-0.4, -0.2) is 38.4 Å². The Morgan fingerprint density at radius 1 is 1.67 bits per heavy atom. The summed E-state index contributed by atoms with van der Waals surface area (Å²) in [6, 6.07) is 0.305. The lowest BCUT2D eigenvalue weighted by Crippen LogP contribution is -2.33. The summed E-state index contributed by atoms with van der Waals surface area (Å²) in [6.45, 7) is 5.84. The Balaban J connectivity index is 2.22. The summed E-state index contributed by atoms with van der Waals surface area (Å²) in [5, 5.41) is 3.34. The first-order valence-corrected chi connectivity index (χ1v) is 6.83. The number of hydrogen-bond donors (Lipinski definition) is 1. The normalized spacial score (nSPS) is 15.1. The second-order valence-electron chi connectivity index (χ2n) is 3.76. The quantitative estimate of drug-likeness (QED) is 0.775. The van der Waals surface area contributed by atoms with Crippen molar-refractivity contribution in [3.05, 3.63) is 18.2 Å². The lowest BCUT2D eigenvalue weighted by atomic mass is 10.4. The lowest BCUT2D eigenvalue weighted by Gasteiger charge is -2.12. The number of rotatable bonds is 6. The highest BCUT2D eigenvalue weighted by Crippen LogP contribution is 1.94. The van der Waals surface area contributed by atoms with Crippen LogP contribution in [0.1, 0.15) is 12.7 Å². The molecule has 0 saturated carbocycles. The van der Waals surface area contributed by atoms with E-state index in [2.05, 4.69) is 21.8 Å². The van der Waals surface area contributed by atoms with Gasteiger partial charge >= 0.3 is 0 Å². The van der Waals surface area contributed by atoms with E-state index in [-0.39, 0.29) is 0 Å². The molecule has 2 unspecified atom stereocenters. The van der Waals surface area contributed by atoms with E-state index < -0.39 is 10.8 Å². The standard InChI is InChI=1S/C10H19N3OS/c1-9(8-15(3)14)11-4-6-13-7-5-12-10(13)2/h5,7,9,11H,4,6,8H2,1-3H3. The highest BCUT2D eigenvalue weighted by atomic mass is 32.2. The van der Waals surface area contributed by atoms with E-state index >= 15 is 0 Å². The fourth-order valence-electron chi connectivity index (χ4n) is 1.48. The number of nitrogens with one attached hydrogen (secondary N) is 1. The maximum absolute atomic E-state index is 11.0. The van der Waals surface area contributed by atoms with Crippen LogP contribution in [0.15, 0.2) is 12.4 Å². The van der Waals surface area contributed by atoms with E-state index in [9.17, 15) is 4.21 Å². The summed E-state index contributed by atoms with van der Waals surface area (Å²) in [5.74, 6) is 1.74. The van der Waals surface area contributed by atoms with E-state index in [0.717, 1.165) is 18.9 Å². The van der Waals surface area contributed by atoms with Crippen LogP contribution in [0.2, 0.25) is 0 Å². The van der Waals surface area contributed by atoms with Crippen molar-refractivity contribution < 1.29 is 4.21 Å². The van der Waals surface area contributed by atoms with E-state index in [1.807, 2.05) is 13.1 Å². The molecule has 0 aromatic carbocycles. The predicted molar refractivity (Wildman–Crippen MR) is 63.4 cm³/mol. The van der Waals surface area contributed by atoms with E-state index in [1.54, 1.807) is 12.5 Å². The predicted octanol–water partition coefficient (Wildman–Crippen LogP) is 0.548. The van der Waals surface area contributed by atoms with Gasteiger partial charge in [-0.15, -0.1) is 0 Å². The highest BCUT2D eigenvalue weighted by molar-refractivity contribution is 7.84. The number of aromatic nitrogens is 2. The van der Waals surface area contributed by atoms with Crippen LogP contribution in [-0.2, 0) is 17.3 Å². The van der Waals surface area contributed by atoms with Gasteiger partial charge in [0.05, 0.1) is 0 Å². The van der Waals surface area contributed by atoms with Crippen molar-refractivity contribution in [1.82, 2.24) is 14.9 Å². The Hall–Kier alpha value is -0.680. The molecule has 1 N–H and O–H groups in total. The van der Waals surface area contributed by atoms with Crippen LogP contribution in [0.3, 0.4) is 0 Å². The zero-order chi connectivity index (χ0) is 11.3. The maximum Gasteiger partial charge on any atom is 0.105 e. The molecule has 0 aliphatic carbocycles. The Bertz CT molecular complexity index is 324. The lowest BCUT2D eigenvalue weighted by molar-refractivity contribution is 0.536. The summed E-state index contributed by atoms with van der Waals surface area (Å²) in [6.07, 6.45) is 5.51. The summed E-state index contributed by atoms with van der Waals surface area (Å²) < 4.78 is 13.1. The van der Waals surface area contributed by atoms with Gasteiger partial charge in [0, 0.05) is 54.3 Å². The van der Waals surface area contributed by atoms with Gasteiger partial charge in [-0.3, -0.25) is 4.21 Å². The molecule has 1 aromatic rings. The van der Waals surface area contributed by atoms with E-state index in [4.69, 9.17) is 0 Å². The third kappa shape index (κ3) is 4.57. The number of aryl methyl sites for hydroxylation is 1. The zero-order valence-corrected chi connectivity index (χ0v) is 10.4. The molecule has 0 radical (unpaired) electrons. The van der Waals surface area contributed by atoms with Gasteiger partial charge in [0.15, 0.2) is 0 Å². The molecule has 5 heteroatoms. The van der Waals surface area contributed by atoms with Crippen LogP contribution in [0.4, 0.5) is 0 Å². The Labute approximate surface area is 93.5 Å². The smallest absolute Gasteiger partial charge is 0.105 e. The molecule has 0 aliphatic rings. The summed E-state index contributed by atoms with van der Waals surface area (Å²) in [7, 11) is -0.722. The van der Waals surface area contributed by atoms with E-state index in [1.165, 1.54) is 0 Å². The van der Waals surface area contributed by atoms with Crippen molar-refractivity contribution in [3.8, 4) is 0 Å². The van der Waals surface area contributed by atoms with Crippen molar-refractivity contribution in [3.63, 3.8) is 0 Å².